The van der Waals surface area contributed by atoms with Gasteiger partial charge in [-0.1, -0.05) is 11.6 Å². The van der Waals surface area contributed by atoms with Gasteiger partial charge in [0.2, 0.25) is 0 Å². The van der Waals surface area contributed by atoms with E-state index in [-0.39, 0.29) is 19.6 Å². The SMILES string of the molecule is O=C(O)CN(CC(=O)O)Cc1nc2ccc(Cl)cc2[nH]1. The Labute approximate surface area is 118 Å². The summed E-state index contributed by atoms with van der Waals surface area (Å²) in [5.41, 5.74) is 1.41. The van der Waals surface area contributed by atoms with Crippen LogP contribution in [0.2, 0.25) is 5.02 Å². The first-order chi connectivity index (χ1) is 9.44. The molecule has 0 saturated heterocycles. The van der Waals surface area contributed by atoms with Gasteiger partial charge >= 0.3 is 11.9 Å². The van der Waals surface area contributed by atoms with Crippen molar-refractivity contribution in [2.45, 2.75) is 6.54 Å². The Morgan fingerprint density at radius 3 is 2.50 bits per heavy atom. The number of hydrogen-bond donors (Lipinski definition) is 3. The fraction of sp³-hybridized carbons (Fsp3) is 0.250. The van der Waals surface area contributed by atoms with E-state index in [0.717, 1.165) is 5.52 Å². The van der Waals surface area contributed by atoms with Gasteiger partial charge in [-0.3, -0.25) is 14.5 Å². The Bertz CT molecular complexity index is 639. The summed E-state index contributed by atoms with van der Waals surface area (Å²) in [5.74, 6) is -1.69. The molecular weight excluding hydrogens is 286 g/mol. The highest BCUT2D eigenvalue weighted by Gasteiger charge is 2.15. The highest BCUT2D eigenvalue weighted by Crippen LogP contribution is 2.17. The Morgan fingerprint density at radius 2 is 1.90 bits per heavy atom. The molecule has 8 heteroatoms. The van der Waals surface area contributed by atoms with Gasteiger partial charge in [0.15, 0.2) is 0 Å². The average molecular weight is 298 g/mol. The van der Waals surface area contributed by atoms with Crippen molar-refractivity contribution in [3.05, 3.63) is 29.0 Å². The Balaban J connectivity index is 2.18. The predicted molar refractivity (Wildman–Crippen MR) is 71.7 cm³/mol. The number of rotatable bonds is 6. The maximum atomic E-state index is 10.7. The van der Waals surface area contributed by atoms with Gasteiger partial charge < -0.3 is 15.2 Å². The minimum absolute atomic E-state index is 0.102. The molecule has 0 bridgehead atoms. The molecule has 1 aromatic heterocycles. The molecule has 0 aliphatic carbocycles. The molecule has 0 aliphatic heterocycles. The van der Waals surface area contributed by atoms with Crippen molar-refractivity contribution in [1.82, 2.24) is 14.9 Å². The number of halogens is 1. The minimum atomic E-state index is -1.09. The smallest absolute Gasteiger partial charge is 0.317 e. The number of benzene rings is 1. The normalized spacial score (nSPS) is 11.1. The van der Waals surface area contributed by atoms with Crippen LogP contribution in [0.3, 0.4) is 0 Å². The van der Waals surface area contributed by atoms with Crippen LogP contribution < -0.4 is 0 Å². The molecule has 1 aromatic carbocycles. The van der Waals surface area contributed by atoms with Crippen LogP contribution >= 0.6 is 11.6 Å². The lowest BCUT2D eigenvalue weighted by Crippen LogP contribution is -2.34. The van der Waals surface area contributed by atoms with E-state index >= 15 is 0 Å². The van der Waals surface area contributed by atoms with Crippen molar-refractivity contribution >= 4 is 34.6 Å². The third kappa shape index (κ3) is 3.69. The summed E-state index contributed by atoms with van der Waals surface area (Å²) in [6, 6.07) is 5.13. The number of H-pyrrole nitrogens is 1. The summed E-state index contributed by atoms with van der Waals surface area (Å²) in [6.45, 7) is -0.640. The van der Waals surface area contributed by atoms with Gasteiger partial charge in [0.1, 0.15) is 5.82 Å². The zero-order valence-corrected chi connectivity index (χ0v) is 11.1. The highest BCUT2D eigenvalue weighted by atomic mass is 35.5. The molecule has 0 radical (unpaired) electrons. The van der Waals surface area contributed by atoms with E-state index in [2.05, 4.69) is 9.97 Å². The topological polar surface area (TPSA) is 107 Å². The standard InChI is InChI=1S/C12H12ClN3O4/c13-7-1-2-8-9(3-7)15-10(14-8)4-16(5-11(17)18)6-12(19)20/h1-3H,4-6H2,(H,14,15)(H,17,18)(H,19,20). The predicted octanol–water partition coefficient (Wildman–Crippen LogP) is 1.19. The Hall–Kier alpha value is -2.12. The van der Waals surface area contributed by atoms with Gasteiger partial charge in [0.25, 0.3) is 0 Å². The van der Waals surface area contributed by atoms with Gasteiger partial charge in [0, 0.05) is 5.02 Å². The summed E-state index contributed by atoms with van der Waals surface area (Å²) in [5, 5.41) is 18.1. The summed E-state index contributed by atoms with van der Waals surface area (Å²) >= 11 is 5.86. The third-order valence-electron chi connectivity index (χ3n) is 2.58. The van der Waals surface area contributed by atoms with E-state index in [1.807, 2.05) is 0 Å². The fourth-order valence-electron chi connectivity index (χ4n) is 1.87. The number of carboxylic acid groups (broad SMARTS) is 2. The molecular formula is C12H12ClN3O4. The molecule has 0 spiro atoms. The van der Waals surface area contributed by atoms with Crippen molar-refractivity contribution in [3.63, 3.8) is 0 Å². The number of imidazole rings is 1. The third-order valence-corrected chi connectivity index (χ3v) is 2.82. The van der Waals surface area contributed by atoms with Crippen LogP contribution in [0, 0.1) is 0 Å². The zero-order chi connectivity index (χ0) is 14.7. The number of fused-ring (bicyclic) bond motifs is 1. The molecule has 7 nitrogen and oxygen atoms in total. The molecule has 20 heavy (non-hydrogen) atoms. The van der Waals surface area contributed by atoms with Crippen LogP contribution in [0.4, 0.5) is 0 Å². The lowest BCUT2D eigenvalue weighted by Gasteiger charge is -2.15. The Kier molecular flexibility index (Phi) is 4.21. The number of aromatic nitrogens is 2. The van der Waals surface area contributed by atoms with Crippen LogP contribution in [0.25, 0.3) is 11.0 Å². The van der Waals surface area contributed by atoms with Crippen LogP contribution in [-0.4, -0.2) is 50.1 Å². The quantitative estimate of drug-likeness (QED) is 0.739. The second kappa shape index (κ2) is 5.89. The fourth-order valence-corrected chi connectivity index (χ4v) is 2.04. The van der Waals surface area contributed by atoms with Crippen molar-refractivity contribution < 1.29 is 19.8 Å². The van der Waals surface area contributed by atoms with Gasteiger partial charge in [-0.2, -0.15) is 0 Å². The zero-order valence-electron chi connectivity index (χ0n) is 10.3. The van der Waals surface area contributed by atoms with Crippen LogP contribution in [-0.2, 0) is 16.1 Å². The van der Waals surface area contributed by atoms with Gasteiger partial charge in [-0.15, -0.1) is 0 Å². The molecule has 2 aromatic rings. The maximum Gasteiger partial charge on any atom is 0.317 e. The van der Waals surface area contributed by atoms with Gasteiger partial charge in [-0.25, -0.2) is 4.98 Å². The molecule has 0 fully saturated rings. The maximum absolute atomic E-state index is 10.7. The summed E-state index contributed by atoms with van der Waals surface area (Å²) in [7, 11) is 0. The summed E-state index contributed by atoms with van der Waals surface area (Å²) in [6.07, 6.45) is 0. The first kappa shape index (κ1) is 14.3. The van der Waals surface area contributed by atoms with E-state index < -0.39 is 11.9 Å². The lowest BCUT2D eigenvalue weighted by atomic mass is 10.3. The number of aromatic amines is 1. The Morgan fingerprint density at radius 1 is 1.25 bits per heavy atom. The molecule has 0 atom stereocenters. The molecule has 0 aliphatic rings. The number of carbonyl (C=O) groups is 2. The number of aliphatic carboxylic acids is 2. The summed E-state index contributed by atoms with van der Waals surface area (Å²) < 4.78 is 0. The van der Waals surface area contributed by atoms with Crippen molar-refractivity contribution in [3.8, 4) is 0 Å². The molecule has 106 valence electrons. The number of hydrogen-bond acceptors (Lipinski definition) is 4. The van der Waals surface area contributed by atoms with Crippen LogP contribution in [0.5, 0.6) is 0 Å². The van der Waals surface area contributed by atoms with Gasteiger partial charge in [0.05, 0.1) is 30.7 Å². The van der Waals surface area contributed by atoms with Crippen molar-refractivity contribution in [1.29, 1.82) is 0 Å². The summed E-state index contributed by atoms with van der Waals surface area (Å²) in [4.78, 5) is 30.0. The largest absolute Gasteiger partial charge is 0.480 e. The number of nitrogens with one attached hydrogen (secondary N) is 1. The first-order valence-electron chi connectivity index (χ1n) is 5.74. The van der Waals surface area contributed by atoms with E-state index in [4.69, 9.17) is 21.8 Å². The van der Waals surface area contributed by atoms with E-state index in [0.29, 0.717) is 16.4 Å². The number of nitrogens with zero attached hydrogens (tertiary/aromatic N) is 2. The molecule has 2 rings (SSSR count). The van der Waals surface area contributed by atoms with E-state index in [1.165, 1.54) is 4.90 Å². The lowest BCUT2D eigenvalue weighted by molar-refractivity contribution is -0.142. The molecule has 0 saturated carbocycles. The van der Waals surface area contributed by atoms with E-state index in [1.54, 1.807) is 18.2 Å². The molecule has 0 unspecified atom stereocenters. The van der Waals surface area contributed by atoms with Crippen molar-refractivity contribution in [2.75, 3.05) is 13.1 Å². The second-order valence-corrected chi connectivity index (χ2v) is 4.71. The molecule has 0 amide bonds. The molecule has 3 N–H and O–H groups in total. The molecule has 1 heterocycles. The van der Waals surface area contributed by atoms with Crippen molar-refractivity contribution in [2.24, 2.45) is 0 Å². The van der Waals surface area contributed by atoms with E-state index in [9.17, 15) is 9.59 Å². The van der Waals surface area contributed by atoms with Gasteiger partial charge in [-0.05, 0) is 18.2 Å². The number of carboxylic acids is 2. The highest BCUT2D eigenvalue weighted by molar-refractivity contribution is 6.31. The second-order valence-electron chi connectivity index (χ2n) is 4.28. The monoisotopic (exact) mass is 297 g/mol. The minimum Gasteiger partial charge on any atom is -0.480 e. The first-order valence-corrected chi connectivity index (χ1v) is 6.12. The van der Waals surface area contributed by atoms with Crippen LogP contribution in [0.15, 0.2) is 18.2 Å². The average Bonchev–Trinajstić information content (AvgIpc) is 2.68. The van der Waals surface area contributed by atoms with Crippen LogP contribution in [0.1, 0.15) is 5.82 Å².